The number of hydrogen-bond acceptors (Lipinski definition) is 3. The minimum absolute atomic E-state index is 0.414. The van der Waals surface area contributed by atoms with Crippen molar-refractivity contribution in [1.29, 1.82) is 0 Å². The van der Waals surface area contributed by atoms with Crippen molar-refractivity contribution in [2.75, 3.05) is 18.5 Å². The molecule has 3 heteroatoms. The molecule has 3 rings (SSSR count). The summed E-state index contributed by atoms with van der Waals surface area (Å²) >= 11 is 0. The summed E-state index contributed by atoms with van der Waals surface area (Å²) in [4.78, 5) is 2.37. The quantitative estimate of drug-likeness (QED) is 0.768. The van der Waals surface area contributed by atoms with E-state index in [2.05, 4.69) is 36.2 Å². The first-order valence-electron chi connectivity index (χ1n) is 6.56. The second kappa shape index (κ2) is 4.59. The van der Waals surface area contributed by atoms with E-state index >= 15 is 0 Å². The monoisotopic (exact) mass is 253 g/mol. The fourth-order valence-corrected chi connectivity index (χ4v) is 2.83. The van der Waals surface area contributed by atoms with Crippen LogP contribution in [0.15, 0.2) is 42.5 Å². The van der Waals surface area contributed by atoms with Gasteiger partial charge in [0.05, 0.1) is 0 Å². The highest BCUT2D eigenvalue weighted by molar-refractivity contribution is 5.47. The summed E-state index contributed by atoms with van der Waals surface area (Å²) in [6.07, 6.45) is 1.02. The third-order valence-corrected chi connectivity index (χ3v) is 3.92. The summed E-state index contributed by atoms with van der Waals surface area (Å²) in [7, 11) is 2.16. The van der Waals surface area contributed by atoms with Crippen LogP contribution in [0.2, 0.25) is 0 Å². The Balaban J connectivity index is 1.93. The van der Waals surface area contributed by atoms with Crippen molar-refractivity contribution in [1.82, 2.24) is 4.90 Å². The van der Waals surface area contributed by atoms with Crippen LogP contribution in [0.5, 0.6) is 0 Å². The summed E-state index contributed by atoms with van der Waals surface area (Å²) in [6.45, 7) is 0.940. The lowest BCUT2D eigenvalue weighted by molar-refractivity contribution is 0.218. The fourth-order valence-electron chi connectivity index (χ4n) is 2.83. The molecule has 0 fully saturated rings. The Morgan fingerprint density at radius 1 is 0.947 bits per heavy atom. The van der Waals surface area contributed by atoms with Gasteiger partial charge in [0.15, 0.2) is 0 Å². The molecule has 1 aliphatic heterocycles. The fraction of sp³-hybridized carbons (Fsp3) is 0.250. The van der Waals surface area contributed by atoms with Gasteiger partial charge in [-0.2, -0.15) is 0 Å². The van der Waals surface area contributed by atoms with Crippen molar-refractivity contribution < 1.29 is 0 Å². The van der Waals surface area contributed by atoms with Crippen LogP contribution in [-0.2, 0) is 13.0 Å². The number of hydrogen-bond donors (Lipinski definition) is 2. The predicted octanol–water partition coefficient (Wildman–Crippen LogP) is 2.58. The van der Waals surface area contributed by atoms with E-state index in [0.29, 0.717) is 6.04 Å². The number of anilines is 2. The van der Waals surface area contributed by atoms with Gasteiger partial charge in [-0.25, -0.2) is 0 Å². The highest BCUT2D eigenvalue weighted by Gasteiger charge is 2.24. The molecule has 19 heavy (non-hydrogen) atoms. The second-order valence-electron chi connectivity index (χ2n) is 5.33. The Bertz CT molecular complexity index is 589. The molecule has 98 valence electrons. The zero-order valence-electron chi connectivity index (χ0n) is 11.1. The number of fused-ring (bicyclic) bond motifs is 1. The van der Waals surface area contributed by atoms with Crippen molar-refractivity contribution >= 4 is 11.4 Å². The lowest BCUT2D eigenvalue weighted by Crippen LogP contribution is -2.30. The van der Waals surface area contributed by atoms with Gasteiger partial charge in [-0.1, -0.05) is 18.2 Å². The Morgan fingerprint density at radius 2 is 1.63 bits per heavy atom. The topological polar surface area (TPSA) is 55.3 Å². The zero-order valence-corrected chi connectivity index (χ0v) is 11.1. The van der Waals surface area contributed by atoms with Crippen LogP contribution in [0.4, 0.5) is 11.4 Å². The molecule has 0 spiro atoms. The van der Waals surface area contributed by atoms with Crippen molar-refractivity contribution in [2.45, 2.75) is 19.0 Å². The van der Waals surface area contributed by atoms with Crippen LogP contribution in [0.3, 0.4) is 0 Å². The molecule has 2 aromatic rings. The molecule has 0 aromatic heterocycles. The number of benzene rings is 2. The largest absolute Gasteiger partial charge is 0.399 e. The Kier molecular flexibility index (Phi) is 2.91. The van der Waals surface area contributed by atoms with Gasteiger partial charge in [0.25, 0.3) is 0 Å². The lowest BCUT2D eigenvalue weighted by atomic mass is 9.90. The molecule has 1 aliphatic rings. The summed E-state index contributed by atoms with van der Waals surface area (Å²) < 4.78 is 0. The summed E-state index contributed by atoms with van der Waals surface area (Å²) in [5.74, 6) is 0. The maximum absolute atomic E-state index is 5.86. The highest BCUT2D eigenvalue weighted by atomic mass is 15.1. The van der Waals surface area contributed by atoms with Gasteiger partial charge in [-0.05, 0) is 54.4 Å². The second-order valence-corrected chi connectivity index (χ2v) is 5.33. The van der Waals surface area contributed by atoms with Crippen LogP contribution in [0, 0.1) is 0 Å². The number of nitrogens with two attached hydrogens (primary N) is 2. The maximum atomic E-state index is 5.86. The van der Waals surface area contributed by atoms with Gasteiger partial charge < -0.3 is 11.5 Å². The van der Waals surface area contributed by atoms with Gasteiger partial charge in [0, 0.05) is 24.0 Å². The molecular formula is C16H19N3. The summed E-state index contributed by atoms with van der Waals surface area (Å²) in [5.41, 5.74) is 17.3. The molecule has 1 atom stereocenters. The van der Waals surface area contributed by atoms with Crippen molar-refractivity contribution in [3.05, 3.63) is 59.2 Å². The Hall–Kier alpha value is -2.00. The normalized spacial score (nSPS) is 19.1. The van der Waals surface area contributed by atoms with E-state index in [1.807, 2.05) is 18.2 Å². The molecule has 2 aromatic carbocycles. The van der Waals surface area contributed by atoms with Crippen LogP contribution in [0.25, 0.3) is 0 Å². The number of likely N-dealkylation sites (N-methyl/N-ethyl adjacent to an activating group) is 1. The van der Waals surface area contributed by atoms with E-state index in [9.17, 15) is 0 Å². The number of nitrogens with zero attached hydrogens (tertiary/aromatic N) is 1. The molecule has 1 heterocycles. The summed E-state index contributed by atoms with van der Waals surface area (Å²) in [5, 5.41) is 0. The first kappa shape index (κ1) is 12.1. The Morgan fingerprint density at radius 3 is 2.37 bits per heavy atom. The molecule has 0 saturated carbocycles. The molecular weight excluding hydrogens is 234 g/mol. The van der Waals surface area contributed by atoms with E-state index in [-0.39, 0.29) is 0 Å². The first-order valence-corrected chi connectivity index (χ1v) is 6.56. The average molecular weight is 253 g/mol. The van der Waals surface area contributed by atoms with E-state index in [0.717, 1.165) is 24.3 Å². The van der Waals surface area contributed by atoms with Crippen molar-refractivity contribution in [3.8, 4) is 0 Å². The zero-order chi connectivity index (χ0) is 13.4. The predicted molar refractivity (Wildman–Crippen MR) is 79.6 cm³/mol. The molecule has 1 unspecified atom stereocenters. The molecule has 0 bridgehead atoms. The van der Waals surface area contributed by atoms with Crippen molar-refractivity contribution in [3.63, 3.8) is 0 Å². The SMILES string of the molecule is CN1Cc2cc(N)ccc2CC1c1ccc(N)cc1. The van der Waals surface area contributed by atoms with Crippen LogP contribution in [-0.4, -0.2) is 11.9 Å². The highest BCUT2D eigenvalue weighted by Crippen LogP contribution is 2.33. The van der Waals surface area contributed by atoms with Crippen LogP contribution in [0.1, 0.15) is 22.7 Å². The smallest absolute Gasteiger partial charge is 0.0389 e. The minimum atomic E-state index is 0.414. The number of nitrogen functional groups attached to an aromatic ring is 2. The molecule has 0 radical (unpaired) electrons. The van der Waals surface area contributed by atoms with Gasteiger partial charge in [-0.15, -0.1) is 0 Å². The third kappa shape index (κ3) is 2.29. The molecule has 0 amide bonds. The standard InChI is InChI=1S/C16H19N3/c1-19-10-13-8-15(18)7-4-12(13)9-16(19)11-2-5-14(17)6-3-11/h2-8,16H,9-10,17-18H2,1H3. The average Bonchev–Trinajstić information content (AvgIpc) is 2.39. The number of rotatable bonds is 1. The van der Waals surface area contributed by atoms with E-state index in [1.54, 1.807) is 0 Å². The first-order chi connectivity index (χ1) is 9.13. The van der Waals surface area contributed by atoms with Gasteiger partial charge >= 0.3 is 0 Å². The van der Waals surface area contributed by atoms with E-state index in [1.165, 1.54) is 16.7 Å². The van der Waals surface area contributed by atoms with Gasteiger partial charge in [0.1, 0.15) is 0 Å². The molecule has 0 saturated heterocycles. The third-order valence-electron chi connectivity index (χ3n) is 3.92. The Labute approximate surface area is 113 Å². The minimum Gasteiger partial charge on any atom is -0.399 e. The molecule has 0 aliphatic carbocycles. The molecule has 3 nitrogen and oxygen atoms in total. The van der Waals surface area contributed by atoms with Gasteiger partial charge in [-0.3, -0.25) is 4.90 Å². The van der Waals surface area contributed by atoms with E-state index < -0.39 is 0 Å². The lowest BCUT2D eigenvalue weighted by Gasteiger charge is -2.34. The molecule has 4 N–H and O–H groups in total. The van der Waals surface area contributed by atoms with E-state index in [4.69, 9.17) is 11.5 Å². The van der Waals surface area contributed by atoms with Gasteiger partial charge in [0.2, 0.25) is 0 Å². The van der Waals surface area contributed by atoms with Crippen LogP contribution >= 0.6 is 0 Å². The maximum Gasteiger partial charge on any atom is 0.0389 e. The summed E-state index contributed by atoms with van der Waals surface area (Å²) in [6, 6.07) is 14.8. The van der Waals surface area contributed by atoms with Crippen molar-refractivity contribution in [2.24, 2.45) is 0 Å². The van der Waals surface area contributed by atoms with Crippen LogP contribution < -0.4 is 11.5 Å².